The van der Waals surface area contributed by atoms with Gasteiger partial charge in [-0.05, 0) is 23.7 Å². The van der Waals surface area contributed by atoms with E-state index in [0.29, 0.717) is 5.92 Å². The van der Waals surface area contributed by atoms with Crippen molar-refractivity contribution in [1.29, 1.82) is 0 Å². The van der Waals surface area contributed by atoms with E-state index in [1.54, 1.807) is 12.4 Å². The zero-order valence-electron chi connectivity index (χ0n) is 12.2. The van der Waals surface area contributed by atoms with Crippen LogP contribution in [-0.2, 0) is 13.7 Å². The molecule has 21 heavy (non-hydrogen) atoms. The second kappa shape index (κ2) is 5.50. The Hall–Kier alpha value is -1.86. The molecule has 0 fully saturated rings. The first-order valence-corrected chi connectivity index (χ1v) is 7.55. The number of fused-ring (bicyclic) bond motifs is 1. The third-order valence-corrected chi connectivity index (χ3v) is 4.43. The van der Waals surface area contributed by atoms with Crippen molar-refractivity contribution in [3.8, 4) is 0 Å². The third kappa shape index (κ3) is 2.54. The van der Waals surface area contributed by atoms with Crippen molar-refractivity contribution in [3.05, 3.63) is 36.0 Å². The summed E-state index contributed by atoms with van der Waals surface area (Å²) in [6.45, 7) is 4.22. The first-order chi connectivity index (χ1) is 10.1. The highest BCUT2D eigenvalue weighted by atomic mass is 32.2. The van der Waals surface area contributed by atoms with Gasteiger partial charge in [-0.2, -0.15) is 5.10 Å². The molecule has 3 heterocycles. The lowest BCUT2D eigenvalue weighted by Gasteiger charge is -2.04. The van der Waals surface area contributed by atoms with E-state index >= 15 is 0 Å². The molecule has 3 aromatic heterocycles. The number of imidazole rings is 1. The molecular weight excluding hydrogens is 286 g/mol. The molecule has 110 valence electrons. The molecule has 0 bridgehead atoms. The molecule has 6 nitrogen and oxygen atoms in total. The monoisotopic (exact) mass is 303 g/mol. The summed E-state index contributed by atoms with van der Waals surface area (Å²) in [4.78, 5) is 8.76. The van der Waals surface area contributed by atoms with Crippen LogP contribution in [0.5, 0.6) is 0 Å². The summed E-state index contributed by atoms with van der Waals surface area (Å²) in [5, 5.41) is 15.4. The molecule has 1 N–H and O–H groups in total. The Bertz CT molecular complexity index is 777. The topological polar surface area (TPSA) is 68.2 Å². The van der Waals surface area contributed by atoms with E-state index in [9.17, 15) is 5.11 Å². The highest BCUT2D eigenvalue weighted by molar-refractivity contribution is 7.99. The Morgan fingerprint density at radius 1 is 1.33 bits per heavy atom. The number of hydrogen-bond donors (Lipinski definition) is 1. The summed E-state index contributed by atoms with van der Waals surface area (Å²) in [6, 6.07) is 2.07. The summed E-state index contributed by atoms with van der Waals surface area (Å²) in [5.74, 6) is 0.372. The van der Waals surface area contributed by atoms with E-state index in [1.807, 2.05) is 22.3 Å². The van der Waals surface area contributed by atoms with Gasteiger partial charge in [0.1, 0.15) is 5.03 Å². The van der Waals surface area contributed by atoms with Crippen LogP contribution in [-0.4, -0.2) is 29.3 Å². The fourth-order valence-corrected chi connectivity index (χ4v) is 2.93. The van der Waals surface area contributed by atoms with Gasteiger partial charge in [0, 0.05) is 19.4 Å². The molecule has 0 unspecified atom stereocenters. The molecule has 0 aliphatic rings. The molecule has 3 rings (SSSR count). The molecule has 0 saturated carbocycles. The van der Waals surface area contributed by atoms with Gasteiger partial charge < -0.3 is 9.67 Å². The van der Waals surface area contributed by atoms with Gasteiger partial charge in [-0.3, -0.25) is 0 Å². The van der Waals surface area contributed by atoms with Crippen LogP contribution in [0, 0.1) is 0 Å². The first kappa shape index (κ1) is 14.1. The molecule has 0 aliphatic heterocycles. The van der Waals surface area contributed by atoms with E-state index in [4.69, 9.17) is 0 Å². The minimum absolute atomic E-state index is 0.0220. The van der Waals surface area contributed by atoms with E-state index in [2.05, 4.69) is 35.0 Å². The van der Waals surface area contributed by atoms with Crippen LogP contribution < -0.4 is 0 Å². The Balaban J connectivity index is 2.01. The van der Waals surface area contributed by atoms with Crippen molar-refractivity contribution >= 4 is 17.3 Å². The summed E-state index contributed by atoms with van der Waals surface area (Å²) in [6.07, 6.45) is 5.27. The van der Waals surface area contributed by atoms with Crippen molar-refractivity contribution in [2.75, 3.05) is 0 Å². The van der Waals surface area contributed by atoms with Crippen LogP contribution in [0.15, 0.2) is 34.8 Å². The largest absolute Gasteiger partial charge is 0.390 e. The van der Waals surface area contributed by atoms with Crippen LogP contribution in [0.4, 0.5) is 0 Å². The van der Waals surface area contributed by atoms with E-state index in [1.165, 1.54) is 11.8 Å². The number of aliphatic hydroxyl groups is 1. The predicted molar refractivity (Wildman–Crippen MR) is 80.3 cm³/mol. The van der Waals surface area contributed by atoms with Crippen LogP contribution in [0.25, 0.3) is 5.52 Å². The fraction of sp³-hybridized carbons (Fsp3) is 0.357. The SMILES string of the molecule is CC(C)c1cc2c(Sc3ncc(CO)n3C)nccn2n1. The number of hydrogen-bond acceptors (Lipinski definition) is 5. The van der Waals surface area contributed by atoms with Gasteiger partial charge in [0.05, 0.1) is 29.7 Å². The van der Waals surface area contributed by atoms with Crippen LogP contribution in [0.2, 0.25) is 0 Å². The molecule has 0 aromatic carbocycles. The standard InChI is InChI=1S/C14H17N5OS/c1-9(2)11-6-12-13(15-4-5-19(12)17-11)21-14-16-7-10(8-20)18(14)3/h4-7,9,20H,8H2,1-3H3. The van der Waals surface area contributed by atoms with Gasteiger partial charge >= 0.3 is 0 Å². The van der Waals surface area contributed by atoms with Gasteiger partial charge in [-0.1, -0.05) is 13.8 Å². The number of nitrogens with zero attached hydrogens (tertiary/aromatic N) is 5. The molecule has 0 atom stereocenters. The Morgan fingerprint density at radius 2 is 2.14 bits per heavy atom. The minimum atomic E-state index is -0.0220. The molecule has 0 spiro atoms. The van der Waals surface area contributed by atoms with E-state index < -0.39 is 0 Å². The second-order valence-corrected chi connectivity index (χ2v) is 6.09. The lowest BCUT2D eigenvalue weighted by Crippen LogP contribution is -1.98. The molecule has 0 aliphatic carbocycles. The van der Waals surface area contributed by atoms with Gasteiger partial charge in [0.15, 0.2) is 5.16 Å². The summed E-state index contributed by atoms with van der Waals surface area (Å²) in [5.41, 5.74) is 2.79. The van der Waals surface area contributed by atoms with Crippen molar-refractivity contribution in [1.82, 2.24) is 24.1 Å². The lowest BCUT2D eigenvalue weighted by atomic mass is 10.1. The van der Waals surface area contributed by atoms with E-state index in [0.717, 1.165) is 27.1 Å². The molecule has 3 aromatic rings. The first-order valence-electron chi connectivity index (χ1n) is 6.73. The quantitative estimate of drug-likeness (QED) is 0.800. The van der Waals surface area contributed by atoms with Crippen molar-refractivity contribution in [2.24, 2.45) is 7.05 Å². The molecule has 0 radical (unpaired) electrons. The Kier molecular flexibility index (Phi) is 3.69. The summed E-state index contributed by atoms with van der Waals surface area (Å²) >= 11 is 1.47. The van der Waals surface area contributed by atoms with Crippen LogP contribution >= 0.6 is 11.8 Å². The summed E-state index contributed by atoms with van der Waals surface area (Å²) in [7, 11) is 1.89. The molecule has 0 amide bonds. The Morgan fingerprint density at radius 3 is 2.81 bits per heavy atom. The number of aliphatic hydroxyl groups excluding tert-OH is 1. The second-order valence-electron chi connectivity index (χ2n) is 5.14. The third-order valence-electron chi connectivity index (χ3n) is 3.36. The van der Waals surface area contributed by atoms with Crippen LogP contribution in [0.1, 0.15) is 31.2 Å². The average molecular weight is 303 g/mol. The average Bonchev–Trinajstić information content (AvgIpc) is 3.04. The van der Waals surface area contributed by atoms with Gasteiger partial charge in [0.2, 0.25) is 0 Å². The van der Waals surface area contributed by atoms with Crippen molar-refractivity contribution < 1.29 is 5.11 Å². The molecular formula is C14H17N5OS. The number of aromatic nitrogens is 5. The molecule has 0 saturated heterocycles. The maximum Gasteiger partial charge on any atom is 0.174 e. The maximum atomic E-state index is 9.23. The van der Waals surface area contributed by atoms with Crippen molar-refractivity contribution in [3.63, 3.8) is 0 Å². The normalized spacial score (nSPS) is 11.7. The van der Waals surface area contributed by atoms with Gasteiger partial charge in [0.25, 0.3) is 0 Å². The van der Waals surface area contributed by atoms with Crippen LogP contribution in [0.3, 0.4) is 0 Å². The molecule has 7 heteroatoms. The van der Waals surface area contributed by atoms with Gasteiger partial charge in [-0.25, -0.2) is 14.5 Å². The highest BCUT2D eigenvalue weighted by Crippen LogP contribution is 2.29. The lowest BCUT2D eigenvalue weighted by molar-refractivity contribution is 0.271. The van der Waals surface area contributed by atoms with E-state index in [-0.39, 0.29) is 6.61 Å². The smallest absolute Gasteiger partial charge is 0.174 e. The Labute approximate surface area is 126 Å². The van der Waals surface area contributed by atoms with Crippen molar-refractivity contribution in [2.45, 2.75) is 36.6 Å². The highest BCUT2D eigenvalue weighted by Gasteiger charge is 2.14. The van der Waals surface area contributed by atoms with Gasteiger partial charge in [-0.15, -0.1) is 0 Å². The zero-order valence-corrected chi connectivity index (χ0v) is 13.0. The predicted octanol–water partition coefficient (Wildman–Crippen LogP) is 2.23. The zero-order chi connectivity index (χ0) is 15.0. The minimum Gasteiger partial charge on any atom is -0.390 e. The summed E-state index contributed by atoms with van der Waals surface area (Å²) < 4.78 is 3.72. The fourth-order valence-electron chi connectivity index (χ4n) is 2.03. The maximum absolute atomic E-state index is 9.23. The number of rotatable bonds is 4.